The van der Waals surface area contributed by atoms with Gasteiger partial charge in [0.1, 0.15) is 5.75 Å². The molecular formula is C19H25NO. The van der Waals surface area contributed by atoms with Crippen molar-refractivity contribution in [2.75, 3.05) is 5.32 Å². The summed E-state index contributed by atoms with van der Waals surface area (Å²) in [6, 6.07) is 14.5. The predicted molar refractivity (Wildman–Crippen MR) is 89.9 cm³/mol. The van der Waals surface area contributed by atoms with Crippen LogP contribution in [-0.2, 0) is 6.42 Å². The van der Waals surface area contributed by atoms with Crippen LogP contribution in [0.3, 0.4) is 0 Å². The Kier molecular flexibility index (Phi) is 4.89. The van der Waals surface area contributed by atoms with E-state index in [1.54, 1.807) is 12.1 Å². The van der Waals surface area contributed by atoms with Gasteiger partial charge in [-0.15, -0.1) is 0 Å². The first kappa shape index (κ1) is 15.4. The molecule has 0 heterocycles. The van der Waals surface area contributed by atoms with E-state index < -0.39 is 0 Å². The molecule has 0 amide bonds. The maximum Gasteiger partial charge on any atom is 0.115 e. The monoisotopic (exact) mass is 283 g/mol. The van der Waals surface area contributed by atoms with Gasteiger partial charge in [-0.25, -0.2) is 0 Å². The van der Waals surface area contributed by atoms with Gasteiger partial charge in [-0.3, -0.25) is 0 Å². The topological polar surface area (TPSA) is 32.3 Å². The number of benzene rings is 2. The van der Waals surface area contributed by atoms with Crippen LogP contribution in [0.15, 0.2) is 42.5 Å². The zero-order valence-electron chi connectivity index (χ0n) is 13.4. The SMILES string of the molecule is Cc1cc(O)ccc1NC(C)c1ccc(CC(C)C)cc1. The van der Waals surface area contributed by atoms with E-state index >= 15 is 0 Å². The van der Waals surface area contributed by atoms with E-state index in [0.717, 1.165) is 17.7 Å². The highest BCUT2D eigenvalue weighted by atomic mass is 16.3. The fourth-order valence-corrected chi connectivity index (χ4v) is 2.54. The minimum atomic E-state index is 0.237. The van der Waals surface area contributed by atoms with Crippen molar-refractivity contribution < 1.29 is 5.11 Å². The molecule has 2 heteroatoms. The standard InChI is InChI=1S/C19H25NO/c1-13(2)11-16-5-7-17(8-6-16)15(4)20-19-10-9-18(21)12-14(19)3/h5-10,12-13,15,20-21H,11H2,1-4H3. The lowest BCUT2D eigenvalue weighted by molar-refractivity contribution is 0.475. The molecule has 0 aliphatic heterocycles. The van der Waals surface area contributed by atoms with E-state index in [4.69, 9.17) is 0 Å². The molecule has 112 valence electrons. The van der Waals surface area contributed by atoms with Gasteiger partial charge in [0.05, 0.1) is 0 Å². The Morgan fingerprint density at radius 2 is 1.67 bits per heavy atom. The zero-order chi connectivity index (χ0) is 15.4. The second kappa shape index (κ2) is 6.66. The maximum absolute atomic E-state index is 9.46. The molecule has 0 spiro atoms. The van der Waals surface area contributed by atoms with Gasteiger partial charge in [-0.1, -0.05) is 38.1 Å². The van der Waals surface area contributed by atoms with Crippen LogP contribution in [0.25, 0.3) is 0 Å². The van der Waals surface area contributed by atoms with Crippen LogP contribution in [0.5, 0.6) is 5.75 Å². The highest BCUT2D eigenvalue weighted by Gasteiger charge is 2.08. The van der Waals surface area contributed by atoms with Crippen LogP contribution in [0.2, 0.25) is 0 Å². The number of anilines is 1. The fourth-order valence-electron chi connectivity index (χ4n) is 2.54. The summed E-state index contributed by atoms with van der Waals surface area (Å²) in [7, 11) is 0. The predicted octanol–water partition coefficient (Wildman–Crippen LogP) is 5.07. The Morgan fingerprint density at radius 1 is 1.00 bits per heavy atom. The number of phenols is 1. The normalized spacial score (nSPS) is 12.4. The van der Waals surface area contributed by atoms with E-state index in [9.17, 15) is 5.11 Å². The average Bonchev–Trinajstić information content (AvgIpc) is 2.42. The van der Waals surface area contributed by atoms with Gasteiger partial charge in [0.2, 0.25) is 0 Å². The Balaban J connectivity index is 2.07. The molecule has 2 aromatic carbocycles. The largest absolute Gasteiger partial charge is 0.508 e. The van der Waals surface area contributed by atoms with E-state index in [1.807, 2.05) is 13.0 Å². The van der Waals surface area contributed by atoms with E-state index in [0.29, 0.717) is 11.7 Å². The summed E-state index contributed by atoms with van der Waals surface area (Å²) in [5.41, 5.74) is 4.78. The first-order valence-corrected chi connectivity index (χ1v) is 7.60. The quantitative estimate of drug-likeness (QED) is 0.751. The molecule has 21 heavy (non-hydrogen) atoms. The second-order valence-corrected chi connectivity index (χ2v) is 6.20. The minimum absolute atomic E-state index is 0.237. The third-order valence-electron chi connectivity index (χ3n) is 3.71. The summed E-state index contributed by atoms with van der Waals surface area (Å²) in [5.74, 6) is 0.995. The molecule has 0 aliphatic carbocycles. The molecule has 1 unspecified atom stereocenters. The molecule has 0 aromatic heterocycles. The van der Waals surface area contributed by atoms with Gasteiger partial charge in [-0.05, 0) is 61.1 Å². The summed E-state index contributed by atoms with van der Waals surface area (Å²) in [6.45, 7) is 8.64. The summed E-state index contributed by atoms with van der Waals surface area (Å²) in [6.07, 6.45) is 1.12. The lowest BCUT2D eigenvalue weighted by Gasteiger charge is -2.18. The summed E-state index contributed by atoms with van der Waals surface area (Å²) in [4.78, 5) is 0. The zero-order valence-corrected chi connectivity index (χ0v) is 13.4. The van der Waals surface area contributed by atoms with Gasteiger partial charge in [-0.2, -0.15) is 0 Å². The molecule has 0 saturated carbocycles. The number of aryl methyl sites for hydroxylation is 1. The maximum atomic E-state index is 9.46. The Labute approximate surface area is 127 Å². The van der Waals surface area contributed by atoms with E-state index in [-0.39, 0.29) is 6.04 Å². The molecule has 0 aliphatic rings. The van der Waals surface area contributed by atoms with Gasteiger partial charge in [0, 0.05) is 11.7 Å². The number of phenolic OH excluding ortho intramolecular Hbond substituents is 1. The average molecular weight is 283 g/mol. The Hall–Kier alpha value is -1.96. The van der Waals surface area contributed by atoms with E-state index in [2.05, 4.69) is 50.4 Å². The lowest BCUT2D eigenvalue weighted by atomic mass is 9.99. The van der Waals surface area contributed by atoms with Gasteiger partial charge in [0.25, 0.3) is 0 Å². The molecule has 2 N–H and O–H groups in total. The third-order valence-corrected chi connectivity index (χ3v) is 3.71. The minimum Gasteiger partial charge on any atom is -0.508 e. The van der Waals surface area contributed by atoms with Crippen molar-refractivity contribution in [3.63, 3.8) is 0 Å². The van der Waals surface area contributed by atoms with Gasteiger partial charge < -0.3 is 10.4 Å². The Bertz CT molecular complexity index is 587. The smallest absolute Gasteiger partial charge is 0.115 e. The number of hydrogen-bond donors (Lipinski definition) is 2. The molecule has 2 rings (SSSR count). The van der Waals surface area contributed by atoms with Crippen molar-refractivity contribution in [3.05, 3.63) is 59.2 Å². The van der Waals surface area contributed by atoms with Crippen molar-refractivity contribution in [2.45, 2.75) is 40.2 Å². The fraction of sp³-hybridized carbons (Fsp3) is 0.368. The number of aromatic hydroxyl groups is 1. The molecule has 0 radical (unpaired) electrons. The number of hydrogen-bond acceptors (Lipinski definition) is 2. The molecule has 0 fully saturated rings. The van der Waals surface area contributed by atoms with Crippen molar-refractivity contribution in [3.8, 4) is 5.75 Å². The van der Waals surface area contributed by atoms with Crippen LogP contribution in [0.1, 0.15) is 43.5 Å². The lowest BCUT2D eigenvalue weighted by Crippen LogP contribution is -2.07. The van der Waals surface area contributed by atoms with Gasteiger partial charge in [0.15, 0.2) is 0 Å². The van der Waals surface area contributed by atoms with Crippen LogP contribution in [-0.4, -0.2) is 5.11 Å². The summed E-state index contributed by atoms with van der Waals surface area (Å²) < 4.78 is 0. The number of rotatable bonds is 5. The van der Waals surface area contributed by atoms with Crippen molar-refractivity contribution in [1.29, 1.82) is 0 Å². The van der Waals surface area contributed by atoms with Crippen LogP contribution < -0.4 is 5.32 Å². The molecule has 2 aromatic rings. The molecular weight excluding hydrogens is 258 g/mol. The van der Waals surface area contributed by atoms with Crippen LogP contribution >= 0.6 is 0 Å². The molecule has 0 saturated heterocycles. The number of nitrogens with one attached hydrogen (secondary N) is 1. The summed E-state index contributed by atoms with van der Waals surface area (Å²) in [5, 5.41) is 13.0. The van der Waals surface area contributed by atoms with Gasteiger partial charge >= 0.3 is 0 Å². The molecule has 2 nitrogen and oxygen atoms in total. The highest BCUT2D eigenvalue weighted by Crippen LogP contribution is 2.25. The van der Waals surface area contributed by atoms with Crippen molar-refractivity contribution in [1.82, 2.24) is 0 Å². The highest BCUT2D eigenvalue weighted by molar-refractivity contribution is 5.54. The molecule has 0 bridgehead atoms. The van der Waals surface area contributed by atoms with Crippen molar-refractivity contribution >= 4 is 5.69 Å². The first-order chi connectivity index (χ1) is 9.95. The Morgan fingerprint density at radius 3 is 2.24 bits per heavy atom. The molecule has 1 atom stereocenters. The van der Waals surface area contributed by atoms with Crippen LogP contribution in [0.4, 0.5) is 5.69 Å². The van der Waals surface area contributed by atoms with Crippen molar-refractivity contribution in [2.24, 2.45) is 5.92 Å². The van der Waals surface area contributed by atoms with E-state index in [1.165, 1.54) is 11.1 Å². The second-order valence-electron chi connectivity index (χ2n) is 6.20. The third kappa shape index (κ3) is 4.25. The summed E-state index contributed by atoms with van der Waals surface area (Å²) >= 11 is 0. The first-order valence-electron chi connectivity index (χ1n) is 7.60. The van der Waals surface area contributed by atoms with Crippen LogP contribution in [0, 0.1) is 12.8 Å².